The van der Waals surface area contributed by atoms with Crippen molar-refractivity contribution in [1.29, 1.82) is 0 Å². The first-order valence-electron chi connectivity index (χ1n) is 8.89. The van der Waals surface area contributed by atoms with Gasteiger partial charge in [0.1, 0.15) is 11.6 Å². The van der Waals surface area contributed by atoms with Gasteiger partial charge in [0.25, 0.3) is 0 Å². The van der Waals surface area contributed by atoms with Crippen LogP contribution in [0.2, 0.25) is 0 Å². The number of hydrogen-bond donors (Lipinski definition) is 3. The fourth-order valence-electron chi connectivity index (χ4n) is 3.09. The number of amides is 2. The molecule has 10 heteroatoms. The number of pyridine rings is 1. The predicted molar refractivity (Wildman–Crippen MR) is 114 cm³/mol. The van der Waals surface area contributed by atoms with Crippen molar-refractivity contribution in [1.82, 2.24) is 4.98 Å². The van der Waals surface area contributed by atoms with E-state index in [2.05, 4.69) is 15.6 Å². The summed E-state index contributed by atoms with van der Waals surface area (Å²) >= 11 is 1.40. The number of aromatic nitrogens is 1. The van der Waals surface area contributed by atoms with E-state index in [1.54, 1.807) is 17.6 Å². The van der Waals surface area contributed by atoms with Crippen molar-refractivity contribution in [3.8, 4) is 11.1 Å². The van der Waals surface area contributed by atoms with Crippen LogP contribution in [0.15, 0.2) is 60.1 Å². The monoisotopic (exact) mass is 446 g/mol. The van der Waals surface area contributed by atoms with Gasteiger partial charge in [-0.1, -0.05) is 6.07 Å². The fourth-order valence-corrected chi connectivity index (χ4v) is 4.05. The van der Waals surface area contributed by atoms with E-state index in [4.69, 9.17) is 5.73 Å². The van der Waals surface area contributed by atoms with Crippen LogP contribution in [0.4, 0.5) is 39.5 Å². The normalized spacial score (nSPS) is 11.5. The molecule has 4 rings (SSSR count). The zero-order valence-corrected chi connectivity index (χ0v) is 16.4. The van der Waals surface area contributed by atoms with E-state index >= 15 is 0 Å². The molecule has 0 aliphatic rings. The molecule has 0 radical (unpaired) electrons. The molecular weight excluding hydrogens is 432 g/mol. The Balaban J connectivity index is 1.53. The number of nitrogens with zero attached hydrogens (tertiary/aromatic N) is 1. The molecule has 0 bridgehead atoms. The third kappa shape index (κ3) is 4.29. The van der Waals surface area contributed by atoms with Gasteiger partial charge in [-0.3, -0.25) is 0 Å². The third-order valence-corrected chi connectivity index (χ3v) is 5.43. The van der Waals surface area contributed by atoms with Gasteiger partial charge in [0.2, 0.25) is 0 Å². The first-order chi connectivity index (χ1) is 14.7. The van der Waals surface area contributed by atoms with Crippen LogP contribution in [0.3, 0.4) is 0 Å². The molecule has 0 fully saturated rings. The highest BCUT2D eigenvalue weighted by Crippen LogP contribution is 2.38. The molecule has 0 aliphatic carbocycles. The van der Waals surface area contributed by atoms with E-state index in [9.17, 15) is 22.4 Å². The number of rotatable bonds is 3. The first kappa shape index (κ1) is 20.6. The molecule has 0 unspecified atom stereocenters. The number of halogens is 4. The maximum Gasteiger partial charge on any atom is 0.416 e. The van der Waals surface area contributed by atoms with E-state index in [0.717, 1.165) is 22.9 Å². The lowest BCUT2D eigenvalue weighted by molar-refractivity contribution is -0.137. The van der Waals surface area contributed by atoms with Crippen LogP contribution in [0.1, 0.15) is 5.56 Å². The second-order valence-corrected chi connectivity index (χ2v) is 7.48. The van der Waals surface area contributed by atoms with Crippen molar-refractivity contribution < 1.29 is 22.4 Å². The Morgan fingerprint density at radius 3 is 2.45 bits per heavy atom. The number of alkyl halides is 3. The molecule has 0 saturated heterocycles. The Morgan fingerprint density at radius 2 is 1.74 bits per heavy atom. The minimum absolute atomic E-state index is 0.0443. The smallest absolute Gasteiger partial charge is 0.383 e. The molecule has 0 spiro atoms. The van der Waals surface area contributed by atoms with Crippen LogP contribution in [0.25, 0.3) is 21.2 Å². The lowest BCUT2D eigenvalue weighted by atomic mass is 10.0. The largest absolute Gasteiger partial charge is 0.416 e. The predicted octanol–water partition coefficient (Wildman–Crippen LogP) is 6.35. The number of carbonyl (C=O) groups is 1. The molecule has 2 aromatic carbocycles. The number of nitrogen functional groups attached to an aromatic ring is 1. The summed E-state index contributed by atoms with van der Waals surface area (Å²) in [5, 5.41) is 7.13. The Bertz CT molecular complexity index is 1290. The topological polar surface area (TPSA) is 80.0 Å². The molecule has 4 N–H and O–H groups in total. The standard InChI is InChI=1S/C21H14F4N4OS/c22-16-9-13(29-20(30)28-12-3-1-2-11(8-12)21(23,24)25)4-5-14(16)15-10-31-17-6-7-27-19(26)18(15)17/h1-10H,(H2,26,27)(H2,28,29,30). The summed E-state index contributed by atoms with van der Waals surface area (Å²) in [4.78, 5) is 16.2. The SMILES string of the molecule is Nc1nccc2scc(-c3ccc(NC(=O)Nc4cccc(C(F)(F)F)c4)cc3F)c12. The molecule has 0 saturated carbocycles. The highest BCUT2D eigenvalue weighted by Gasteiger charge is 2.30. The lowest BCUT2D eigenvalue weighted by Crippen LogP contribution is -2.20. The van der Waals surface area contributed by atoms with Gasteiger partial charge in [0.05, 0.1) is 5.56 Å². The number of nitrogens with one attached hydrogen (secondary N) is 2. The van der Waals surface area contributed by atoms with Crippen LogP contribution < -0.4 is 16.4 Å². The van der Waals surface area contributed by atoms with Gasteiger partial charge in [-0.2, -0.15) is 13.2 Å². The lowest BCUT2D eigenvalue weighted by Gasteiger charge is -2.11. The fraction of sp³-hybridized carbons (Fsp3) is 0.0476. The number of thiophene rings is 1. The van der Waals surface area contributed by atoms with Crippen molar-refractivity contribution in [2.75, 3.05) is 16.4 Å². The summed E-state index contributed by atoms with van der Waals surface area (Å²) in [5.74, 6) is -0.310. The van der Waals surface area contributed by atoms with Crippen molar-refractivity contribution in [3.63, 3.8) is 0 Å². The van der Waals surface area contributed by atoms with E-state index in [1.165, 1.54) is 35.6 Å². The van der Waals surface area contributed by atoms with Crippen molar-refractivity contribution in [2.45, 2.75) is 6.18 Å². The van der Waals surface area contributed by atoms with Gasteiger partial charge >= 0.3 is 12.2 Å². The molecule has 31 heavy (non-hydrogen) atoms. The minimum Gasteiger partial charge on any atom is -0.383 e. The molecule has 4 aromatic rings. The average Bonchev–Trinajstić information content (AvgIpc) is 3.13. The quantitative estimate of drug-likeness (QED) is 0.321. The Hall–Kier alpha value is -3.66. The number of carbonyl (C=O) groups excluding carboxylic acids is 1. The van der Waals surface area contributed by atoms with Gasteiger partial charge in [-0.05, 0) is 42.5 Å². The molecule has 0 atom stereocenters. The Kier molecular flexibility index (Phi) is 5.24. The number of anilines is 3. The van der Waals surface area contributed by atoms with Gasteiger partial charge in [0.15, 0.2) is 0 Å². The Morgan fingerprint density at radius 1 is 1.00 bits per heavy atom. The van der Waals surface area contributed by atoms with Crippen LogP contribution in [0, 0.1) is 5.82 Å². The third-order valence-electron chi connectivity index (χ3n) is 4.48. The van der Waals surface area contributed by atoms with Crippen molar-refractivity contribution >= 4 is 44.6 Å². The van der Waals surface area contributed by atoms with Gasteiger partial charge in [0, 0.05) is 44.2 Å². The number of nitrogens with two attached hydrogens (primary N) is 1. The van der Waals surface area contributed by atoms with E-state index in [1.807, 2.05) is 0 Å². The average molecular weight is 446 g/mol. The van der Waals surface area contributed by atoms with Crippen LogP contribution in [-0.4, -0.2) is 11.0 Å². The first-order valence-corrected chi connectivity index (χ1v) is 9.77. The van der Waals surface area contributed by atoms with Crippen LogP contribution >= 0.6 is 11.3 Å². The summed E-state index contributed by atoms with van der Waals surface area (Å²) < 4.78 is 54.0. The maximum absolute atomic E-state index is 14.8. The van der Waals surface area contributed by atoms with Crippen LogP contribution in [-0.2, 0) is 6.18 Å². The summed E-state index contributed by atoms with van der Waals surface area (Å²) in [6, 6.07) is 9.28. The number of urea groups is 1. The second kappa shape index (κ2) is 7.88. The zero-order valence-electron chi connectivity index (χ0n) is 15.6. The van der Waals surface area contributed by atoms with Crippen molar-refractivity contribution in [2.24, 2.45) is 0 Å². The summed E-state index contributed by atoms with van der Waals surface area (Å²) in [5.41, 5.74) is 6.01. The van der Waals surface area contributed by atoms with E-state index in [0.29, 0.717) is 10.9 Å². The number of benzene rings is 2. The molecule has 158 valence electrons. The van der Waals surface area contributed by atoms with E-state index < -0.39 is 23.6 Å². The van der Waals surface area contributed by atoms with Gasteiger partial charge in [-0.25, -0.2) is 14.2 Å². The van der Waals surface area contributed by atoms with Crippen LogP contribution in [0.5, 0.6) is 0 Å². The maximum atomic E-state index is 14.8. The molecule has 5 nitrogen and oxygen atoms in total. The highest BCUT2D eigenvalue weighted by molar-refractivity contribution is 7.17. The highest BCUT2D eigenvalue weighted by atomic mass is 32.1. The zero-order chi connectivity index (χ0) is 22.2. The molecular formula is C21H14F4N4OS. The Labute approximate surface area is 177 Å². The molecule has 0 aliphatic heterocycles. The number of fused-ring (bicyclic) bond motifs is 1. The second-order valence-electron chi connectivity index (χ2n) is 6.57. The molecule has 2 heterocycles. The minimum atomic E-state index is -4.53. The molecule has 2 aromatic heterocycles. The summed E-state index contributed by atoms with van der Waals surface area (Å²) in [6.45, 7) is 0. The summed E-state index contributed by atoms with van der Waals surface area (Å²) in [6.07, 6.45) is -2.96. The number of hydrogen-bond acceptors (Lipinski definition) is 4. The van der Waals surface area contributed by atoms with Gasteiger partial charge in [-0.15, -0.1) is 11.3 Å². The molecule has 2 amide bonds. The van der Waals surface area contributed by atoms with Gasteiger partial charge < -0.3 is 16.4 Å². The van der Waals surface area contributed by atoms with Crippen molar-refractivity contribution in [3.05, 3.63) is 71.5 Å². The summed E-state index contributed by atoms with van der Waals surface area (Å²) in [7, 11) is 0. The van der Waals surface area contributed by atoms with E-state index in [-0.39, 0.29) is 22.8 Å².